The van der Waals surface area contributed by atoms with E-state index in [9.17, 15) is 4.79 Å². The Labute approximate surface area is 72.9 Å². The molecule has 0 aliphatic heterocycles. The molecule has 0 aliphatic rings. The maximum atomic E-state index is 11.0. The number of carbonyl (C=O) groups excluding carboxylic acids is 1. The largest absolute Gasteiger partial charge is 0.465 e. The monoisotopic (exact) mass is 177 g/mol. The smallest absolute Gasteiger partial charge is 0.323 e. The van der Waals surface area contributed by atoms with Crippen molar-refractivity contribution in [3.63, 3.8) is 0 Å². The third-order valence-electron chi connectivity index (χ3n) is 1.26. The normalized spacial score (nSPS) is 12.6. The molecule has 0 saturated carbocycles. The first kappa shape index (κ1) is 10.8. The first-order chi connectivity index (χ1) is 5.26. The average molecular weight is 177 g/mol. The maximum Gasteiger partial charge on any atom is 0.323 e. The van der Waals surface area contributed by atoms with E-state index < -0.39 is 0 Å². The van der Waals surface area contributed by atoms with Crippen molar-refractivity contribution >= 4 is 18.6 Å². The first-order valence-electron chi connectivity index (χ1n) is 3.71. The van der Waals surface area contributed by atoms with E-state index in [0.29, 0.717) is 12.4 Å². The van der Waals surface area contributed by atoms with Gasteiger partial charge in [0.15, 0.2) is 0 Å². The van der Waals surface area contributed by atoms with Crippen LogP contribution < -0.4 is 5.32 Å². The number of thiol groups is 1. The van der Waals surface area contributed by atoms with Crippen molar-refractivity contribution in [3.8, 4) is 0 Å². The molecule has 66 valence electrons. The lowest BCUT2D eigenvalue weighted by Crippen LogP contribution is -2.37. The Kier molecular flexibility index (Phi) is 6.36. The average Bonchev–Trinajstić information content (AvgIpc) is 2.03. The molecule has 0 bridgehead atoms. The zero-order valence-electron chi connectivity index (χ0n) is 6.96. The summed E-state index contributed by atoms with van der Waals surface area (Å²) in [6.45, 7) is 2.45. The molecule has 1 atom stereocenters. The lowest BCUT2D eigenvalue weighted by Gasteiger charge is -2.11. The van der Waals surface area contributed by atoms with Crippen LogP contribution in [0.5, 0.6) is 0 Å². The summed E-state index contributed by atoms with van der Waals surface area (Å²) >= 11 is 3.99. The van der Waals surface area contributed by atoms with Gasteiger partial charge >= 0.3 is 5.97 Å². The van der Waals surface area contributed by atoms with Crippen LogP contribution in [-0.2, 0) is 9.53 Å². The fourth-order valence-electron chi connectivity index (χ4n) is 0.587. The van der Waals surface area contributed by atoms with Crippen molar-refractivity contribution in [2.24, 2.45) is 0 Å². The van der Waals surface area contributed by atoms with Gasteiger partial charge in [0.2, 0.25) is 0 Å². The van der Waals surface area contributed by atoms with Crippen molar-refractivity contribution in [1.29, 1.82) is 0 Å². The number of hydrogen-bond acceptors (Lipinski definition) is 4. The molecule has 0 saturated heterocycles. The Morgan fingerprint density at radius 3 is 2.73 bits per heavy atom. The van der Waals surface area contributed by atoms with Crippen LogP contribution in [0.3, 0.4) is 0 Å². The minimum absolute atomic E-state index is 0.218. The van der Waals surface area contributed by atoms with Gasteiger partial charge in [-0.25, -0.2) is 0 Å². The van der Waals surface area contributed by atoms with Crippen molar-refractivity contribution in [1.82, 2.24) is 5.32 Å². The highest BCUT2D eigenvalue weighted by Crippen LogP contribution is 1.92. The van der Waals surface area contributed by atoms with Crippen LogP contribution in [0.4, 0.5) is 0 Å². The van der Waals surface area contributed by atoms with Crippen LogP contribution in [0.1, 0.15) is 13.3 Å². The number of hydrogen-bond donors (Lipinski definition) is 2. The molecule has 0 heterocycles. The van der Waals surface area contributed by atoms with Crippen molar-refractivity contribution in [2.75, 3.05) is 19.4 Å². The predicted octanol–water partition coefficient (Wildman–Crippen LogP) is 0.457. The number of rotatable bonds is 5. The van der Waals surface area contributed by atoms with Crippen LogP contribution >= 0.6 is 12.6 Å². The third-order valence-corrected chi connectivity index (χ3v) is 1.63. The van der Waals surface area contributed by atoms with E-state index in [1.165, 1.54) is 0 Å². The highest BCUT2D eigenvalue weighted by molar-refractivity contribution is 7.80. The molecule has 4 heteroatoms. The van der Waals surface area contributed by atoms with Gasteiger partial charge in [-0.05, 0) is 13.5 Å². The van der Waals surface area contributed by atoms with Gasteiger partial charge < -0.3 is 10.1 Å². The second-order valence-corrected chi connectivity index (χ2v) is 2.56. The first-order valence-corrected chi connectivity index (χ1v) is 4.34. The van der Waals surface area contributed by atoms with Gasteiger partial charge in [0.05, 0.1) is 6.61 Å². The highest BCUT2D eigenvalue weighted by atomic mass is 32.1. The summed E-state index contributed by atoms with van der Waals surface area (Å²) in [6.07, 6.45) is 0.856. The number of carbonyl (C=O) groups is 1. The van der Waals surface area contributed by atoms with Gasteiger partial charge in [-0.2, -0.15) is 12.6 Å². The second-order valence-electron chi connectivity index (χ2n) is 2.19. The number of ether oxygens (including phenoxy) is 1. The van der Waals surface area contributed by atoms with E-state index in [1.807, 2.05) is 6.92 Å². The summed E-state index contributed by atoms with van der Waals surface area (Å²) < 4.78 is 4.88. The molecule has 3 nitrogen and oxygen atoms in total. The summed E-state index contributed by atoms with van der Waals surface area (Å²) in [5.74, 6) is 0.253. The molecule has 0 radical (unpaired) electrons. The lowest BCUT2D eigenvalue weighted by molar-refractivity contribution is -0.145. The van der Waals surface area contributed by atoms with Crippen LogP contribution in [0, 0.1) is 0 Å². The zero-order valence-corrected chi connectivity index (χ0v) is 7.86. The molecule has 0 aliphatic carbocycles. The molecule has 0 unspecified atom stereocenters. The van der Waals surface area contributed by atoms with Crippen LogP contribution in [-0.4, -0.2) is 31.4 Å². The fourth-order valence-corrected chi connectivity index (χ4v) is 0.919. The SMILES string of the molecule is CCCOC(=O)[C@@H](CS)NC. The summed E-state index contributed by atoms with van der Waals surface area (Å²) in [5, 5.41) is 2.81. The lowest BCUT2D eigenvalue weighted by atomic mass is 10.3. The zero-order chi connectivity index (χ0) is 8.69. The minimum atomic E-state index is -0.273. The molecule has 0 amide bonds. The van der Waals surface area contributed by atoms with Gasteiger partial charge in [-0.3, -0.25) is 4.79 Å². The molecule has 1 N–H and O–H groups in total. The molecule has 0 aromatic rings. The van der Waals surface area contributed by atoms with E-state index in [-0.39, 0.29) is 12.0 Å². The van der Waals surface area contributed by atoms with Gasteiger partial charge in [0.1, 0.15) is 6.04 Å². The summed E-state index contributed by atoms with van der Waals surface area (Å²) in [6, 6.07) is -0.273. The topological polar surface area (TPSA) is 38.3 Å². The Bertz CT molecular complexity index is 115. The molecule has 0 spiro atoms. The minimum Gasteiger partial charge on any atom is -0.465 e. The highest BCUT2D eigenvalue weighted by Gasteiger charge is 2.14. The predicted molar refractivity (Wildman–Crippen MR) is 48.0 cm³/mol. The Balaban J connectivity index is 3.61. The van der Waals surface area contributed by atoms with Crippen LogP contribution in [0.15, 0.2) is 0 Å². The number of likely N-dealkylation sites (N-methyl/N-ethyl adjacent to an activating group) is 1. The molecule has 0 rings (SSSR count). The second kappa shape index (κ2) is 6.49. The molecular formula is C7H15NO2S. The van der Waals surface area contributed by atoms with Gasteiger partial charge in [0, 0.05) is 5.75 Å². The van der Waals surface area contributed by atoms with Crippen molar-refractivity contribution < 1.29 is 9.53 Å². The number of esters is 1. The quantitative estimate of drug-likeness (QED) is 0.473. The van der Waals surface area contributed by atoms with Crippen molar-refractivity contribution in [3.05, 3.63) is 0 Å². The van der Waals surface area contributed by atoms with Crippen LogP contribution in [0.2, 0.25) is 0 Å². The van der Waals surface area contributed by atoms with E-state index in [2.05, 4.69) is 17.9 Å². The summed E-state index contributed by atoms with van der Waals surface area (Å²) in [7, 11) is 1.72. The standard InChI is InChI=1S/C7H15NO2S/c1-3-4-10-7(9)6(5-11)8-2/h6,8,11H,3-5H2,1-2H3/t6-/m1/s1. The van der Waals surface area contributed by atoms with Crippen molar-refractivity contribution in [2.45, 2.75) is 19.4 Å². The van der Waals surface area contributed by atoms with E-state index in [0.717, 1.165) is 6.42 Å². The summed E-state index contributed by atoms with van der Waals surface area (Å²) in [4.78, 5) is 11.0. The third kappa shape index (κ3) is 4.27. The van der Waals surface area contributed by atoms with Gasteiger partial charge in [0.25, 0.3) is 0 Å². The van der Waals surface area contributed by atoms with E-state index in [4.69, 9.17) is 4.74 Å². The number of nitrogens with one attached hydrogen (secondary N) is 1. The Morgan fingerprint density at radius 1 is 1.73 bits per heavy atom. The molecular weight excluding hydrogens is 162 g/mol. The van der Waals surface area contributed by atoms with Gasteiger partial charge in [-0.1, -0.05) is 6.92 Å². The van der Waals surface area contributed by atoms with Crippen LogP contribution in [0.25, 0.3) is 0 Å². The molecule has 0 aromatic heterocycles. The summed E-state index contributed by atoms with van der Waals surface area (Å²) in [5.41, 5.74) is 0. The molecule has 0 fully saturated rings. The maximum absolute atomic E-state index is 11.0. The fraction of sp³-hybridized carbons (Fsp3) is 0.857. The van der Waals surface area contributed by atoms with Gasteiger partial charge in [-0.15, -0.1) is 0 Å². The Morgan fingerprint density at radius 2 is 2.36 bits per heavy atom. The molecule has 11 heavy (non-hydrogen) atoms. The molecule has 0 aromatic carbocycles. The van der Waals surface area contributed by atoms with E-state index in [1.54, 1.807) is 7.05 Å². The van der Waals surface area contributed by atoms with E-state index >= 15 is 0 Å². The Hall–Kier alpha value is -0.220.